The smallest absolute Gasteiger partial charge is 0.338 e. The van der Waals surface area contributed by atoms with Gasteiger partial charge in [0.1, 0.15) is 5.82 Å². The quantitative estimate of drug-likeness (QED) is 0.435. The number of imidazole rings is 1. The molecule has 0 bridgehead atoms. The van der Waals surface area contributed by atoms with Gasteiger partial charge < -0.3 is 9.30 Å². The lowest BCUT2D eigenvalue weighted by molar-refractivity contribution is 0.0494. The molecule has 0 aliphatic carbocycles. The molecule has 0 aliphatic rings. The van der Waals surface area contributed by atoms with Crippen LogP contribution in [0.15, 0.2) is 59.8 Å². The number of nitrogens with zero attached hydrogens (tertiary/aromatic N) is 2. The molecular weight excluding hydrogens is 402 g/mol. The van der Waals surface area contributed by atoms with E-state index >= 15 is 0 Å². The molecule has 7 nitrogen and oxygen atoms in total. The Morgan fingerprint density at radius 2 is 1.93 bits per heavy atom. The fourth-order valence-corrected chi connectivity index (χ4v) is 4.10. The summed E-state index contributed by atoms with van der Waals surface area (Å²) < 4.78 is 35.4. The van der Waals surface area contributed by atoms with E-state index in [1.807, 2.05) is 30.7 Å². The SMILES string of the molecule is Cc1cccc(NS(=O)(=O)c2ccc(C)c(C(=O)OCCCn3ccnc3C)c2)c1. The molecule has 1 heterocycles. The van der Waals surface area contributed by atoms with E-state index < -0.39 is 16.0 Å². The Morgan fingerprint density at radius 1 is 1.13 bits per heavy atom. The first kappa shape index (κ1) is 21.6. The van der Waals surface area contributed by atoms with Gasteiger partial charge in [-0.2, -0.15) is 0 Å². The van der Waals surface area contributed by atoms with Gasteiger partial charge in [0.2, 0.25) is 0 Å². The van der Waals surface area contributed by atoms with Crippen LogP contribution in [0.3, 0.4) is 0 Å². The second-order valence-electron chi connectivity index (χ2n) is 7.11. The summed E-state index contributed by atoms with van der Waals surface area (Å²) in [4.78, 5) is 16.7. The molecule has 1 N–H and O–H groups in total. The van der Waals surface area contributed by atoms with Crippen molar-refractivity contribution in [3.05, 3.63) is 77.4 Å². The van der Waals surface area contributed by atoms with Crippen LogP contribution >= 0.6 is 0 Å². The summed E-state index contributed by atoms with van der Waals surface area (Å²) in [5.41, 5.74) is 2.30. The number of nitrogens with one attached hydrogen (secondary N) is 1. The maximum absolute atomic E-state index is 12.8. The molecule has 1 aromatic heterocycles. The van der Waals surface area contributed by atoms with Crippen molar-refractivity contribution in [1.82, 2.24) is 9.55 Å². The highest BCUT2D eigenvalue weighted by molar-refractivity contribution is 7.92. The first-order valence-corrected chi connectivity index (χ1v) is 11.1. The summed E-state index contributed by atoms with van der Waals surface area (Å²) in [7, 11) is -3.83. The van der Waals surface area contributed by atoms with Crippen LogP contribution in [-0.2, 0) is 21.3 Å². The molecule has 8 heteroatoms. The number of aromatic nitrogens is 2. The number of hydrogen-bond donors (Lipinski definition) is 1. The van der Waals surface area contributed by atoms with Crippen molar-refractivity contribution in [3.8, 4) is 0 Å². The molecule has 0 saturated heterocycles. The minimum atomic E-state index is -3.83. The van der Waals surface area contributed by atoms with E-state index in [-0.39, 0.29) is 17.1 Å². The number of carbonyl (C=O) groups is 1. The lowest BCUT2D eigenvalue weighted by atomic mass is 10.1. The second-order valence-corrected chi connectivity index (χ2v) is 8.79. The standard InChI is InChI=1S/C22H25N3O4S/c1-16-6-4-7-19(14-16)24-30(27,28)20-9-8-17(2)21(15-20)22(26)29-13-5-11-25-12-10-23-18(25)3/h4,6-10,12,14-15,24H,5,11,13H2,1-3H3. The molecule has 0 aliphatic heterocycles. The van der Waals surface area contributed by atoms with E-state index in [1.165, 1.54) is 12.1 Å². The Kier molecular flexibility index (Phi) is 6.56. The van der Waals surface area contributed by atoms with Crippen molar-refractivity contribution in [2.45, 2.75) is 38.6 Å². The van der Waals surface area contributed by atoms with E-state index in [0.29, 0.717) is 24.2 Å². The van der Waals surface area contributed by atoms with Crippen molar-refractivity contribution < 1.29 is 17.9 Å². The lowest BCUT2D eigenvalue weighted by Crippen LogP contribution is -2.15. The van der Waals surface area contributed by atoms with Gasteiger partial charge in [-0.3, -0.25) is 4.72 Å². The molecule has 3 aromatic rings. The largest absolute Gasteiger partial charge is 0.462 e. The molecule has 158 valence electrons. The fourth-order valence-electron chi connectivity index (χ4n) is 3.03. The van der Waals surface area contributed by atoms with E-state index in [0.717, 1.165) is 11.4 Å². The Balaban J connectivity index is 1.67. The van der Waals surface area contributed by atoms with E-state index in [1.54, 1.807) is 37.4 Å². The van der Waals surface area contributed by atoms with Gasteiger partial charge >= 0.3 is 5.97 Å². The van der Waals surface area contributed by atoms with Crippen LogP contribution in [-0.4, -0.2) is 30.5 Å². The molecule has 30 heavy (non-hydrogen) atoms. The van der Waals surface area contributed by atoms with Crippen molar-refractivity contribution in [1.29, 1.82) is 0 Å². The maximum Gasteiger partial charge on any atom is 0.338 e. The van der Waals surface area contributed by atoms with E-state index in [9.17, 15) is 13.2 Å². The zero-order valence-corrected chi connectivity index (χ0v) is 18.1. The minimum absolute atomic E-state index is 0.00981. The summed E-state index contributed by atoms with van der Waals surface area (Å²) in [5, 5.41) is 0. The number of ether oxygens (including phenoxy) is 1. The number of anilines is 1. The second kappa shape index (κ2) is 9.13. The van der Waals surface area contributed by atoms with Crippen LogP contribution in [0.4, 0.5) is 5.69 Å². The van der Waals surface area contributed by atoms with Crippen LogP contribution in [0, 0.1) is 20.8 Å². The normalized spacial score (nSPS) is 11.3. The van der Waals surface area contributed by atoms with Gasteiger partial charge in [-0.15, -0.1) is 0 Å². The molecule has 2 aromatic carbocycles. The van der Waals surface area contributed by atoms with Crippen molar-refractivity contribution in [2.75, 3.05) is 11.3 Å². The van der Waals surface area contributed by atoms with Crippen molar-refractivity contribution in [3.63, 3.8) is 0 Å². The van der Waals surface area contributed by atoms with Crippen LogP contribution < -0.4 is 4.72 Å². The molecule has 0 unspecified atom stereocenters. The highest BCUT2D eigenvalue weighted by atomic mass is 32.2. The fraction of sp³-hybridized carbons (Fsp3) is 0.273. The van der Waals surface area contributed by atoms with Crippen LogP contribution in [0.1, 0.15) is 33.7 Å². The highest BCUT2D eigenvalue weighted by Crippen LogP contribution is 2.20. The third-order valence-electron chi connectivity index (χ3n) is 4.71. The Morgan fingerprint density at radius 3 is 2.63 bits per heavy atom. The number of rotatable bonds is 8. The lowest BCUT2D eigenvalue weighted by Gasteiger charge is -2.12. The summed E-state index contributed by atoms with van der Waals surface area (Å²) in [5.74, 6) is 0.360. The highest BCUT2D eigenvalue weighted by Gasteiger charge is 2.19. The van der Waals surface area contributed by atoms with Crippen LogP contribution in [0.25, 0.3) is 0 Å². The van der Waals surface area contributed by atoms with E-state index in [4.69, 9.17) is 4.74 Å². The van der Waals surface area contributed by atoms with E-state index in [2.05, 4.69) is 9.71 Å². The van der Waals surface area contributed by atoms with Crippen molar-refractivity contribution >= 4 is 21.7 Å². The van der Waals surface area contributed by atoms with Crippen LogP contribution in [0.2, 0.25) is 0 Å². The Bertz CT molecular complexity index is 1150. The number of hydrogen-bond acceptors (Lipinski definition) is 5. The molecule has 0 saturated carbocycles. The Hall–Kier alpha value is -3.13. The molecule has 0 amide bonds. The number of carbonyl (C=O) groups excluding carboxylic acids is 1. The average molecular weight is 428 g/mol. The van der Waals surface area contributed by atoms with Gasteiger partial charge in [0, 0.05) is 24.6 Å². The first-order valence-electron chi connectivity index (χ1n) is 9.61. The van der Waals surface area contributed by atoms with Crippen LogP contribution in [0.5, 0.6) is 0 Å². The predicted octanol–water partition coefficient (Wildman–Crippen LogP) is 3.86. The maximum atomic E-state index is 12.8. The minimum Gasteiger partial charge on any atom is -0.462 e. The van der Waals surface area contributed by atoms with Gasteiger partial charge in [-0.1, -0.05) is 18.2 Å². The third kappa shape index (κ3) is 5.27. The number of sulfonamides is 1. The van der Waals surface area contributed by atoms with Gasteiger partial charge in [0.25, 0.3) is 10.0 Å². The predicted molar refractivity (Wildman–Crippen MR) is 115 cm³/mol. The molecule has 0 radical (unpaired) electrons. The van der Waals surface area contributed by atoms with Crippen molar-refractivity contribution in [2.24, 2.45) is 0 Å². The Labute approximate surface area is 176 Å². The van der Waals surface area contributed by atoms with Gasteiger partial charge in [0.05, 0.1) is 17.1 Å². The molecular formula is C22H25N3O4S. The summed E-state index contributed by atoms with van der Waals surface area (Å²) in [6.07, 6.45) is 4.23. The van der Waals surface area contributed by atoms with Gasteiger partial charge in [-0.25, -0.2) is 18.2 Å². The zero-order valence-electron chi connectivity index (χ0n) is 17.3. The molecule has 0 spiro atoms. The monoisotopic (exact) mass is 427 g/mol. The first-order chi connectivity index (χ1) is 14.3. The van der Waals surface area contributed by atoms with Gasteiger partial charge in [-0.05, 0) is 62.6 Å². The molecule has 0 atom stereocenters. The number of aryl methyl sites for hydroxylation is 4. The number of benzene rings is 2. The summed E-state index contributed by atoms with van der Waals surface area (Å²) >= 11 is 0. The summed E-state index contributed by atoms with van der Waals surface area (Å²) in [6.45, 7) is 6.45. The number of esters is 1. The topological polar surface area (TPSA) is 90.3 Å². The molecule has 3 rings (SSSR count). The zero-order chi connectivity index (χ0) is 21.7. The molecule has 0 fully saturated rings. The average Bonchev–Trinajstić information content (AvgIpc) is 3.09. The van der Waals surface area contributed by atoms with Gasteiger partial charge in [0.15, 0.2) is 0 Å². The summed E-state index contributed by atoms with van der Waals surface area (Å²) in [6, 6.07) is 11.5. The third-order valence-corrected chi connectivity index (χ3v) is 6.09.